The second-order valence-corrected chi connectivity index (χ2v) is 5.18. The Hall–Kier alpha value is -2.56. The van der Waals surface area contributed by atoms with Crippen molar-refractivity contribution in [1.82, 2.24) is 4.98 Å². The van der Waals surface area contributed by atoms with Crippen molar-refractivity contribution in [3.05, 3.63) is 41.6 Å². The average Bonchev–Trinajstić information content (AvgIpc) is 2.47. The number of pyridine rings is 1. The third-order valence-corrected chi connectivity index (χ3v) is 3.16. The van der Waals surface area contributed by atoms with Gasteiger partial charge in [0.15, 0.2) is 5.69 Å². The van der Waals surface area contributed by atoms with Crippen molar-refractivity contribution < 1.29 is 19.4 Å². The van der Waals surface area contributed by atoms with E-state index in [0.29, 0.717) is 11.4 Å². The third-order valence-electron chi connectivity index (χ3n) is 3.16. The number of hydrogen-bond acceptors (Lipinski definition) is 4. The lowest BCUT2D eigenvalue weighted by Gasteiger charge is -2.13. The molecule has 5 heteroatoms. The van der Waals surface area contributed by atoms with E-state index in [-0.39, 0.29) is 11.8 Å². The van der Waals surface area contributed by atoms with Crippen LogP contribution >= 0.6 is 0 Å². The number of ether oxygens (including phenoxy) is 2. The summed E-state index contributed by atoms with van der Waals surface area (Å²) in [5.41, 5.74) is 2.16. The van der Waals surface area contributed by atoms with Gasteiger partial charge in [-0.25, -0.2) is 9.78 Å². The lowest BCUT2D eigenvalue weighted by atomic mass is 10.0. The SMILES string of the molecule is COc1cc(C(=O)O)nc(-c2ccc(OC(C)C)cc2)c1C. The van der Waals surface area contributed by atoms with Gasteiger partial charge in [0.05, 0.1) is 18.9 Å². The molecular formula is C17H19NO4. The van der Waals surface area contributed by atoms with Crippen molar-refractivity contribution in [2.45, 2.75) is 26.9 Å². The highest BCUT2D eigenvalue weighted by Crippen LogP contribution is 2.30. The van der Waals surface area contributed by atoms with Crippen molar-refractivity contribution in [3.8, 4) is 22.8 Å². The van der Waals surface area contributed by atoms with E-state index in [0.717, 1.165) is 16.9 Å². The van der Waals surface area contributed by atoms with Gasteiger partial charge < -0.3 is 14.6 Å². The molecule has 0 fully saturated rings. The molecule has 0 saturated carbocycles. The summed E-state index contributed by atoms with van der Waals surface area (Å²) in [6.45, 7) is 5.77. The van der Waals surface area contributed by atoms with Gasteiger partial charge in [-0.3, -0.25) is 0 Å². The van der Waals surface area contributed by atoms with Crippen LogP contribution in [0.3, 0.4) is 0 Å². The highest BCUT2D eigenvalue weighted by molar-refractivity contribution is 5.87. The smallest absolute Gasteiger partial charge is 0.354 e. The number of carboxylic acids is 1. The van der Waals surface area contributed by atoms with Crippen molar-refractivity contribution in [2.75, 3.05) is 7.11 Å². The van der Waals surface area contributed by atoms with Crippen LogP contribution in [0.2, 0.25) is 0 Å². The zero-order valence-corrected chi connectivity index (χ0v) is 13.1. The summed E-state index contributed by atoms with van der Waals surface area (Å²) >= 11 is 0. The molecule has 2 rings (SSSR count). The first-order chi connectivity index (χ1) is 10.4. The van der Waals surface area contributed by atoms with Crippen molar-refractivity contribution in [1.29, 1.82) is 0 Å². The Morgan fingerprint density at radius 2 is 1.86 bits per heavy atom. The summed E-state index contributed by atoms with van der Waals surface area (Å²) in [6, 6.07) is 8.83. The Morgan fingerprint density at radius 3 is 2.36 bits per heavy atom. The third kappa shape index (κ3) is 3.36. The molecule has 1 aromatic carbocycles. The van der Waals surface area contributed by atoms with Gasteiger partial charge in [0.1, 0.15) is 11.5 Å². The molecule has 0 atom stereocenters. The summed E-state index contributed by atoms with van der Waals surface area (Å²) in [4.78, 5) is 15.4. The maximum absolute atomic E-state index is 11.2. The van der Waals surface area contributed by atoms with Gasteiger partial charge in [-0.1, -0.05) is 0 Å². The summed E-state index contributed by atoms with van der Waals surface area (Å²) in [5.74, 6) is 0.182. The van der Waals surface area contributed by atoms with E-state index in [9.17, 15) is 9.90 Å². The van der Waals surface area contributed by atoms with E-state index in [1.165, 1.54) is 13.2 Å². The molecule has 0 radical (unpaired) electrons. The largest absolute Gasteiger partial charge is 0.496 e. The van der Waals surface area contributed by atoms with Gasteiger partial charge in [0.2, 0.25) is 0 Å². The molecule has 0 bridgehead atoms. The molecule has 22 heavy (non-hydrogen) atoms. The molecule has 1 N–H and O–H groups in total. The first kappa shape index (κ1) is 15.8. The van der Waals surface area contributed by atoms with Crippen molar-refractivity contribution in [2.24, 2.45) is 0 Å². The number of nitrogens with zero attached hydrogens (tertiary/aromatic N) is 1. The lowest BCUT2D eigenvalue weighted by molar-refractivity contribution is 0.0690. The Bertz CT molecular complexity index is 678. The van der Waals surface area contributed by atoms with Crippen LogP contribution in [-0.2, 0) is 0 Å². The topological polar surface area (TPSA) is 68.7 Å². The van der Waals surface area contributed by atoms with Crippen LogP contribution in [0.25, 0.3) is 11.3 Å². The number of methoxy groups -OCH3 is 1. The Kier molecular flexibility index (Phi) is 4.65. The van der Waals surface area contributed by atoms with Gasteiger partial charge in [-0.05, 0) is 45.0 Å². The minimum absolute atomic E-state index is 0.0417. The molecule has 1 aromatic heterocycles. The molecular weight excluding hydrogens is 282 g/mol. The van der Waals surface area contributed by atoms with Crippen molar-refractivity contribution in [3.63, 3.8) is 0 Å². The number of aromatic carboxylic acids is 1. The predicted octanol–water partition coefficient (Wildman–Crippen LogP) is 3.55. The molecule has 0 spiro atoms. The van der Waals surface area contributed by atoms with E-state index >= 15 is 0 Å². The first-order valence-corrected chi connectivity index (χ1v) is 6.98. The predicted molar refractivity (Wildman–Crippen MR) is 83.7 cm³/mol. The average molecular weight is 301 g/mol. The summed E-state index contributed by atoms with van der Waals surface area (Å²) in [7, 11) is 1.51. The van der Waals surface area contributed by atoms with Crippen LogP contribution in [0, 0.1) is 6.92 Å². The number of hydrogen-bond donors (Lipinski definition) is 1. The van der Waals surface area contributed by atoms with E-state index < -0.39 is 5.97 Å². The van der Waals surface area contributed by atoms with Crippen LogP contribution in [-0.4, -0.2) is 29.3 Å². The number of carbonyl (C=O) groups is 1. The van der Waals surface area contributed by atoms with Gasteiger partial charge >= 0.3 is 5.97 Å². The molecule has 0 unspecified atom stereocenters. The number of aromatic nitrogens is 1. The highest BCUT2D eigenvalue weighted by atomic mass is 16.5. The van der Waals surface area contributed by atoms with Crippen LogP contribution in [0.5, 0.6) is 11.5 Å². The maximum atomic E-state index is 11.2. The molecule has 0 saturated heterocycles. The Balaban J connectivity index is 2.47. The van der Waals surface area contributed by atoms with E-state index in [1.807, 2.05) is 45.0 Å². The molecule has 0 aliphatic rings. The monoisotopic (exact) mass is 301 g/mol. The van der Waals surface area contributed by atoms with Crippen LogP contribution in [0.1, 0.15) is 29.9 Å². The van der Waals surface area contributed by atoms with E-state index in [4.69, 9.17) is 9.47 Å². The van der Waals surface area contributed by atoms with Crippen LogP contribution in [0.4, 0.5) is 0 Å². The fraction of sp³-hybridized carbons (Fsp3) is 0.294. The highest BCUT2D eigenvalue weighted by Gasteiger charge is 2.15. The quantitative estimate of drug-likeness (QED) is 0.914. The zero-order chi connectivity index (χ0) is 16.3. The molecule has 0 aliphatic heterocycles. The van der Waals surface area contributed by atoms with Gasteiger partial charge in [0.25, 0.3) is 0 Å². The zero-order valence-electron chi connectivity index (χ0n) is 13.1. The number of rotatable bonds is 5. The van der Waals surface area contributed by atoms with Crippen LogP contribution in [0.15, 0.2) is 30.3 Å². The second kappa shape index (κ2) is 6.47. The van der Waals surface area contributed by atoms with Gasteiger partial charge in [-0.2, -0.15) is 0 Å². The van der Waals surface area contributed by atoms with Gasteiger partial charge in [-0.15, -0.1) is 0 Å². The summed E-state index contributed by atoms with van der Waals surface area (Å²) in [6.07, 6.45) is 0.0983. The molecule has 0 aliphatic carbocycles. The minimum Gasteiger partial charge on any atom is -0.496 e. The molecule has 116 valence electrons. The first-order valence-electron chi connectivity index (χ1n) is 6.98. The Morgan fingerprint density at radius 1 is 1.23 bits per heavy atom. The molecule has 0 amide bonds. The van der Waals surface area contributed by atoms with E-state index in [2.05, 4.69) is 4.98 Å². The fourth-order valence-electron chi connectivity index (χ4n) is 2.15. The second-order valence-electron chi connectivity index (χ2n) is 5.18. The minimum atomic E-state index is -1.08. The van der Waals surface area contributed by atoms with E-state index in [1.54, 1.807) is 0 Å². The molecule has 1 heterocycles. The standard InChI is InChI=1S/C17H19NO4/c1-10(2)22-13-7-5-12(6-8-13)16-11(3)15(21-4)9-14(18-16)17(19)20/h5-10H,1-4H3,(H,19,20). The summed E-state index contributed by atoms with van der Waals surface area (Å²) < 4.78 is 10.8. The number of benzene rings is 1. The molecule has 2 aromatic rings. The maximum Gasteiger partial charge on any atom is 0.354 e. The van der Waals surface area contributed by atoms with Gasteiger partial charge in [0, 0.05) is 17.2 Å². The van der Waals surface area contributed by atoms with Crippen LogP contribution < -0.4 is 9.47 Å². The lowest BCUT2D eigenvalue weighted by Crippen LogP contribution is -2.06. The normalized spacial score (nSPS) is 10.6. The fourth-order valence-corrected chi connectivity index (χ4v) is 2.15. The van der Waals surface area contributed by atoms with Crippen molar-refractivity contribution >= 4 is 5.97 Å². The summed E-state index contributed by atoms with van der Waals surface area (Å²) in [5, 5.41) is 9.17. The Labute approximate surface area is 129 Å². The number of carboxylic acid groups (broad SMARTS) is 1. The molecule has 5 nitrogen and oxygen atoms in total.